The molecule has 0 aromatic carbocycles. The van der Waals surface area contributed by atoms with Crippen molar-refractivity contribution >= 4 is 12.0 Å². The van der Waals surface area contributed by atoms with Crippen LogP contribution in [0.25, 0.3) is 0 Å². The van der Waals surface area contributed by atoms with Gasteiger partial charge in [-0.1, -0.05) is 27.7 Å². The third-order valence-corrected chi connectivity index (χ3v) is 3.79. The van der Waals surface area contributed by atoms with Gasteiger partial charge in [0.1, 0.15) is 0 Å². The lowest BCUT2D eigenvalue weighted by molar-refractivity contribution is -0.138. The molecule has 1 aliphatic rings. The molecule has 2 N–H and O–H groups in total. The Bertz CT molecular complexity index is 328. The number of likely N-dealkylation sites (tertiary alicyclic amines) is 1. The molecule has 110 valence electrons. The number of nitrogens with zero attached hydrogens (tertiary/aromatic N) is 1. The van der Waals surface area contributed by atoms with Crippen molar-refractivity contribution in [2.24, 2.45) is 11.3 Å². The maximum absolute atomic E-state index is 12.2. The second-order valence-corrected chi connectivity index (χ2v) is 6.64. The number of urea groups is 1. The fourth-order valence-electron chi connectivity index (χ4n) is 2.20. The molecular weight excluding hydrogens is 244 g/mol. The van der Waals surface area contributed by atoms with E-state index < -0.39 is 5.97 Å². The van der Waals surface area contributed by atoms with Crippen molar-refractivity contribution in [3.63, 3.8) is 0 Å². The number of hydrogen-bond acceptors (Lipinski definition) is 2. The van der Waals surface area contributed by atoms with Crippen LogP contribution in [0.5, 0.6) is 0 Å². The maximum atomic E-state index is 12.2. The number of carbonyl (C=O) groups is 2. The summed E-state index contributed by atoms with van der Waals surface area (Å²) in [6.07, 6.45) is 2.00. The van der Waals surface area contributed by atoms with E-state index in [2.05, 4.69) is 12.2 Å². The first-order valence-corrected chi connectivity index (χ1v) is 6.97. The van der Waals surface area contributed by atoms with Crippen LogP contribution < -0.4 is 5.32 Å². The van der Waals surface area contributed by atoms with Crippen LogP contribution in [0.1, 0.15) is 47.0 Å². The van der Waals surface area contributed by atoms with E-state index in [4.69, 9.17) is 5.11 Å². The van der Waals surface area contributed by atoms with Crippen molar-refractivity contribution in [2.45, 2.75) is 53.0 Å². The zero-order chi connectivity index (χ0) is 14.6. The SMILES string of the molecule is CC1CCN(C(=O)NC(CC(=O)O)C(C)(C)C)CC1. The Morgan fingerprint density at radius 2 is 1.84 bits per heavy atom. The number of rotatable bonds is 3. The summed E-state index contributed by atoms with van der Waals surface area (Å²) < 4.78 is 0. The smallest absolute Gasteiger partial charge is 0.317 e. The monoisotopic (exact) mass is 270 g/mol. The Morgan fingerprint density at radius 3 is 2.26 bits per heavy atom. The second-order valence-electron chi connectivity index (χ2n) is 6.64. The minimum atomic E-state index is -0.882. The first kappa shape index (κ1) is 15.8. The van der Waals surface area contributed by atoms with Crippen molar-refractivity contribution < 1.29 is 14.7 Å². The highest BCUT2D eigenvalue weighted by Crippen LogP contribution is 2.23. The van der Waals surface area contributed by atoms with Gasteiger partial charge in [-0.2, -0.15) is 0 Å². The van der Waals surface area contributed by atoms with Crippen LogP contribution in [0.4, 0.5) is 4.79 Å². The summed E-state index contributed by atoms with van der Waals surface area (Å²) in [5.74, 6) is -0.214. The van der Waals surface area contributed by atoms with E-state index in [1.165, 1.54) is 0 Å². The van der Waals surface area contributed by atoms with Crippen molar-refractivity contribution in [3.8, 4) is 0 Å². The van der Waals surface area contributed by atoms with Gasteiger partial charge in [0.05, 0.1) is 6.42 Å². The lowest BCUT2D eigenvalue weighted by Crippen LogP contribution is -2.52. The lowest BCUT2D eigenvalue weighted by Gasteiger charge is -2.35. The molecule has 0 aromatic heterocycles. The summed E-state index contributed by atoms with van der Waals surface area (Å²) in [6, 6.07) is -0.482. The van der Waals surface area contributed by atoms with E-state index in [0.29, 0.717) is 5.92 Å². The quantitative estimate of drug-likeness (QED) is 0.827. The fraction of sp³-hybridized carbons (Fsp3) is 0.857. The van der Waals surface area contributed by atoms with Crippen LogP contribution in [0.3, 0.4) is 0 Å². The third kappa shape index (κ3) is 5.09. The number of amides is 2. The zero-order valence-electron chi connectivity index (χ0n) is 12.4. The Labute approximate surface area is 115 Å². The van der Waals surface area contributed by atoms with Gasteiger partial charge in [-0.25, -0.2) is 4.79 Å². The van der Waals surface area contributed by atoms with Gasteiger partial charge in [0.15, 0.2) is 0 Å². The van der Waals surface area contributed by atoms with E-state index in [1.807, 2.05) is 20.8 Å². The van der Waals surface area contributed by atoms with Crippen LogP contribution in [0.15, 0.2) is 0 Å². The van der Waals surface area contributed by atoms with Gasteiger partial charge in [0, 0.05) is 19.1 Å². The highest BCUT2D eigenvalue weighted by atomic mass is 16.4. The molecule has 5 nitrogen and oxygen atoms in total. The molecule has 0 bridgehead atoms. The van der Waals surface area contributed by atoms with Crippen molar-refractivity contribution in [3.05, 3.63) is 0 Å². The van der Waals surface area contributed by atoms with Crippen molar-refractivity contribution in [1.29, 1.82) is 0 Å². The number of hydrogen-bond donors (Lipinski definition) is 2. The first-order chi connectivity index (χ1) is 8.70. The fourth-order valence-corrected chi connectivity index (χ4v) is 2.20. The second kappa shape index (κ2) is 6.26. The van der Waals surface area contributed by atoms with E-state index in [-0.39, 0.29) is 23.9 Å². The molecule has 1 atom stereocenters. The van der Waals surface area contributed by atoms with E-state index in [9.17, 15) is 9.59 Å². The molecule has 0 aliphatic carbocycles. The van der Waals surface area contributed by atoms with E-state index >= 15 is 0 Å². The van der Waals surface area contributed by atoms with Crippen molar-refractivity contribution in [2.75, 3.05) is 13.1 Å². The Kier molecular flexibility index (Phi) is 5.20. The zero-order valence-corrected chi connectivity index (χ0v) is 12.4. The summed E-state index contributed by atoms with van der Waals surface area (Å²) >= 11 is 0. The number of aliphatic carboxylic acids is 1. The first-order valence-electron chi connectivity index (χ1n) is 6.97. The minimum absolute atomic E-state index is 0.0422. The molecule has 0 radical (unpaired) electrons. The molecule has 1 unspecified atom stereocenters. The third-order valence-electron chi connectivity index (χ3n) is 3.79. The minimum Gasteiger partial charge on any atom is -0.481 e. The van der Waals surface area contributed by atoms with Crippen LogP contribution in [-0.4, -0.2) is 41.1 Å². The largest absolute Gasteiger partial charge is 0.481 e. The molecular formula is C14H26N2O3. The maximum Gasteiger partial charge on any atom is 0.317 e. The Morgan fingerprint density at radius 1 is 1.32 bits per heavy atom. The number of carboxylic acids is 1. The van der Waals surface area contributed by atoms with Crippen LogP contribution in [0.2, 0.25) is 0 Å². The molecule has 2 amide bonds. The molecule has 1 fully saturated rings. The lowest BCUT2D eigenvalue weighted by atomic mass is 9.85. The number of carbonyl (C=O) groups excluding carboxylic acids is 1. The van der Waals surface area contributed by atoms with Gasteiger partial charge in [-0.05, 0) is 24.2 Å². The van der Waals surface area contributed by atoms with Gasteiger partial charge < -0.3 is 15.3 Å². The summed E-state index contributed by atoms with van der Waals surface area (Å²) in [6.45, 7) is 9.54. The summed E-state index contributed by atoms with van der Waals surface area (Å²) in [4.78, 5) is 24.8. The summed E-state index contributed by atoms with van der Waals surface area (Å²) in [5, 5.41) is 11.8. The average molecular weight is 270 g/mol. The summed E-state index contributed by atoms with van der Waals surface area (Å²) in [5.41, 5.74) is -0.267. The van der Waals surface area contributed by atoms with Crippen LogP contribution in [0, 0.1) is 11.3 Å². The molecule has 19 heavy (non-hydrogen) atoms. The number of nitrogens with one attached hydrogen (secondary N) is 1. The highest BCUT2D eigenvalue weighted by Gasteiger charge is 2.30. The summed E-state index contributed by atoms with van der Waals surface area (Å²) in [7, 11) is 0. The van der Waals surface area contributed by atoms with E-state index in [1.54, 1.807) is 4.90 Å². The van der Waals surface area contributed by atoms with Gasteiger partial charge in [0.2, 0.25) is 0 Å². The molecule has 0 aromatic rings. The molecule has 0 spiro atoms. The van der Waals surface area contributed by atoms with Gasteiger partial charge in [0.25, 0.3) is 0 Å². The Balaban J connectivity index is 2.58. The standard InChI is InChI=1S/C14H26N2O3/c1-10-5-7-16(8-6-10)13(19)15-11(9-12(17)18)14(2,3)4/h10-11H,5-9H2,1-4H3,(H,15,19)(H,17,18). The van der Waals surface area contributed by atoms with Crippen LogP contribution >= 0.6 is 0 Å². The topological polar surface area (TPSA) is 69.6 Å². The molecule has 1 heterocycles. The number of carboxylic acid groups (broad SMARTS) is 1. The molecule has 1 aliphatic heterocycles. The van der Waals surface area contributed by atoms with Gasteiger partial charge in [-0.3, -0.25) is 4.79 Å². The molecule has 5 heteroatoms. The predicted octanol–water partition coefficient (Wildman–Crippen LogP) is 2.32. The number of piperidine rings is 1. The average Bonchev–Trinajstić information content (AvgIpc) is 2.27. The molecule has 1 rings (SSSR count). The Hall–Kier alpha value is -1.26. The normalized spacial score (nSPS) is 19.1. The van der Waals surface area contributed by atoms with E-state index in [0.717, 1.165) is 25.9 Å². The van der Waals surface area contributed by atoms with Crippen LogP contribution in [-0.2, 0) is 4.79 Å². The van der Waals surface area contributed by atoms with Gasteiger partial charge in [-0.15, -0.1) is 0 Å². The molecule has 1 saturated heterocycles. The molecule has 0 saturated carbocycles. The highest BCUT2D eigenvalue weighted by molar-refractivity contribution is 5.76. The predicted molar refractivity (Wildman–Crippen MR) is 74.0 cm³/mol. The van der Waals surface area contributed by atoms with Gasteiger partial charge >= 0.3 is 12.0 Å². The van der Waals surface area contributed by atoms with Crippen molar-refractivity contribution in [1.82, 2.24) is 10.2 Å².